The van der Waals surface area contributed by atoms with Crippen molar-refractivity contribution in [1.29, 1.82) is 0 Å². The van der Waals surface area contributed by atoms with Gasteiger partial charge in [0.2, 0.25) is 0 Å². The van der Waals surface area contributed by atoms with Crippen molar-refractivity contribution in [3.8, 4) is 0 Å². The van der Waals surface area contributed by atoms with Crippen LogP contribution in [0.15, 0.2) is 11.1 Å². The molecule has 0 aliphatic heterocycles. The van der Waals surface area contributed by atoms with E-state index in [2.05, 4.69) is 0 Å². The molecule has 2 heteroatoms. The fourth-order valence-electron chi connectivity index (χ4n) is 1.88. The molecule has 0 N–H and O–H groups in total. The zero-order valence-corrected chi connectivity index (χ0v) is 8.94. The Hall–Kier alpha value is -0.300. The summed E-state index contributed by atoms with van der Waals surface area (Å²) >= 11 is 5.59. The second-order valence-corrected chi connectivity index (χ2v) is 4.14. The summed E-state index contributed by atoms with van der Waals surface area (Å²) in [5.74, 6) is 0.688. The van der Waals surface area contributed by atoms with E-state index in [-0.39, 0.29) is 5.92 Å². The van der Waals surface area contributed by atoms with Gasteiger partial charge in [-0.25, -0.2) is 0 Å². The van der Waals surface area contributed by atoms with Crippen molar-refractivity contribution in [3.05, 3.63) is 11.1 Å². The lowest BCUT2D eigenvalue weighted by Gasteiger charge is -2.12. The minimum absolute atomic E-state index is 0.248. The van der Waals surface area contributed by atoms with Crippen LogP contribution in [0.1, 0.15) is 45.4 Å². The van der Waals surface area contributed by atoms with Crippen LogP contribution >= 0.6 is 11.6 Å². The van der Waals surface area contributed by atoms with Crippen LogP contribution in [0.4, 0.5) is 0 Å². The van der Waals surface area contributed by atoms with E-state index in [4.69, 9.17) is 11.6 Å². The van der Waals surface area contributed by atoms with E-state index in [0.29, 0.717) is 5.78 Å². The van der Waals surface area contributed by atoms with E-state index >= 15 is 0 Å². The van der Waals surface area contributed by atoms with Crippen LogP contribution in [-0.2, 0) is 4.79 Å². The Labute approximate surface area is 85.2 Å². The molecule has 0 spiro atoms. The smallest absolute Gasteiger partial charge is 0.136 e. The second-order valence-electron chi connectivity index (χ2n) is 3.92. The average molecular weight is 201 g/mol. The molecule has 1 saturated carbocycles. The molecular formula is C11H17ClO. The van der Waals surface area contributed by atoms with E-state index < -0.39 is 0 Å². The molecule has 1 nitrogen and oxygen atoms in total. The van der Waals surface area contributed by atoms with Gasteiger partial charge in [0.25, 0.3) is 0 Å². The summed E-state index contributed by atoms with van der Waals surface area (Å²) in [5, 5.41) is 0. The number of halogens is 1. The first-order valence-electron chi connectivity index (χ1n) is 5.02. The first-order chi connectivity index (χ1) is 6.24. The molecule has 1 unspecified atom stereocenters. The van der Waals surface area contributed by atoms with Crippen molar-refractivity contribution >= 4 is 17.4 Å². The van der Waals surface area contributed by atoms with Crippen LogP contribution in [0, 0.1) is 5.92 Å². The molecule has 0 aromatic rings. The molecule has 1 fully saturated rings. The first kappa shape index (κ1) is 10.8. The van der Waals surface area contributed by atoms with Crippen molar-refractivity contribution in [1.82, 2.24) is 0 Å². The van der Waals surface area contributed by atoms with Gasteiger partial charge >= 0.3 is 0 Å². The summed E-state index contributed by atoms with van der Waals surface area (Å²) in [5.41, 5.74) is 2.72. The van der Waals surface area contributed by atoms with Gasteiger partial charge in [-0.3, -0.25) is 4.79 Å². The summed E-state index contributed by atoms with van der Waals surface area (Å²) < 4.78 is 0. The number of carbonyl (C=O) groups excluding carboxylic acids is 1. The largest absolute Gasteiger partial charge is 0.299 e. The number of Topliss-reactive ketones (excluding diaryl/α,β-unsaturated/α-hetero) is 1. The summed E-state index contributed by atoms with van der Waals surface area (Å²) in [7, 11) is 0. The molecule has 0 amide bonds. The van der Waals surface area contributed by atoms with E-state index in [1.807, 2.05) is 6.92 Å². The Morgan fingerprint density at radius 1 is 1.54 bits per heavy atom. The van der Waals surface area contributed by atoms with Crippen LogP contribution in [0.25, 0.3) is 0 Å². The Bertz CT molecular complexity index is 208. The van der Waals surface area contributed by atoms with Crippen molar-refractivity contribution in [3.63, 3.8) is 0 Å². The average Bonchev–Trinajstić information content (AvgIpc) is 2.32. The van der Waals surface area contributed by atoms with Crippen molar-refractivity contribution in [2.45, 2.75) is 45.4 Å². The maximum absolute atomic E-state index is 11.6. The number of hydrogen-bond acceptors (Lipinski definition) is 1. The van der Waals surface area contributed by atoms with Gasteiger partial charge in [0.05, 0.1) is 0 Å². The monoisotopic (exact) mass is 200 g/mol. The van der Waals surface area contributed by atoms with Gasteiger partial charge in [0.1, 0.15) is 5.78 Å². The Morgan fingerprint density at radius 3 is 3.00 bits per heavy atom. The summed E-state index contributed by atoms with van der Waals surface area (Å²) in [6, 6.07) is 0. The molecule has 0 saturated heterocycles. The number of allylic oxidation sites excluding steroid dienone is 1. The third-order valence-electron chi connectivity index (χ3n) is 2.69. The molecule has 0 aromatic heterocycles. The minimum Gasteiger partial charge on any atom is -0.299 e. The highest BCUT2D eigenvalue weighted by atomic mass is 35.5. The van der Waals surface area contributed by atoms with Gasteiger partial charge in [0.15, 0.2) is 0 Å². The fourth-order valence-corrected chi connectivity index (χ4v) is 1.97. The molecule has 1 aliphatic rings. The quantitative estimate of drug-likeness (QED) is 0.622. The molecule has 0 bridgehead atoms. The van der Waals surface area contributed by atoms with Crippen molar-refractivity contribution in [2.24, 2.45) is 5.92 Å². The highest BCUT2D eigenvalue weighted by Gasteiger charge is 2.20. The zero-order chi connectivity index (χ0) is 9.68. The van der Waals surface area contributed by atoms with E-state index in [9.17, 15) is 4.79 Å². The second kappa shape index (κ2) is 5.43. The molecular weight excluding hydrogens is 184 g/mol. The first-order valence-corrected chi connectivity index (χ1v) is 5.46. The van der Waals surface area contributed by atoms with Crippen LogP contribution in [0.2, 0.25) is 0 Å². The summed E-state index contributed by atoms with van der Waals surface area (Å²) in [6.45, 7) is 1.99. The van der Waals surface area contributed by atoms with Gasteiger partial charge in [-0.2, -0.15) is 0 Å². The highest BCUT2D eigenvalue weighted by Crippen LogP contribution is 2.25. The highest BCUT2D eigenvalue weighted by molar-refractivity contribution is 6.25. The summed E-state index contributed by atoms with van der Waals surface area (Å²) in [6.07, 6.45) is 6.19. The topological polar surface area (TPSA) is 17.1 Å². The fraction of sp³-hybridized carbons (Fsp3) is 0.727. The van der Waals surface area contributed by atoms with Gasteiger partial charge < -0.3 is 0 Å². The normalized spacial score (nSPS) is 25.8. The number of hydrogen-bond donors (Lipinski definition) is 0. The van der Waals surface area contributed by atoms with E-state index in [0.717, 1.165) is 31.3 Å². The maximum atomic E-state index is 11.6. The Morgan fingerprint density at radius 2 is 2.31 bits per heavy atom. The number of carbonyl (C=O) groups is 1. The zero-order valence-electron chi connectivity index (χ0n) is 8.18. The predicted molar refractivity (Wildman–Crippen MR) is 55.8 cm³/mol. The van der Waals surface area contributed by atoms with Crippen molar-refractivity contribution in [2.75, 3.05) is 0 Å². The Kier molecular flexibility index (Phi) is 4.51. The lowest BCUT2D eigenvalue weighted by atomic mass is 9.92. The maximum Gasteiger partial charge on any atom is 0.136 e. The van der Waals surface area contributed by atoms with Crippen LogP contribution in [0.3, 0.4) is 0 Å². The predicted octanol–water partition coefficient (Wildman–Crippen LogP) is 3.67. The van der Waals surface area contributed by atoms with Crippen LogP contribution in [-0.4, -0.2) is 5.78 Å². The molecule has 1 aliphatic carbocycles. The molecule has 1 atom stereocenters. The van der Waals surface area contributed by atoms with Crippen molar-refractivity contribution < 1.29 is 4.79 Å². The van der Waals surface area contributed by atoms with Crippen LogP contribution < -0.4 is 0 Å². The van der Waals surface area contributed by atoms with E-state index in [1.54, 1.807) is 5.54 Å². The summed E-state index contributed by atoms with van der Waals surface area (Å²) in [4.78, 5) is 11.6. The third kappa shape index (κ3) is 3.51. The molecule has 13 heavy (non-hydrogen) atoms. The third-order valence-corrected chi connectivity index (χ3v) is 3.06. The SMILES string of the molecule is CC(=CCl)CC1CCCCCC1=O. The van der Waals surface area contributed by atoms with Gasteiger partial charge in [-0.15, -0.1) is 0 Å². The minimum atomic E-state index is 0.248. The van der Waals surface area contributed by atoms with E-state index in [1.165, 1.54) is 12.8 Å². The van der Waals surface area contributed by atoms with Gasteiger partial charge in [0, 0.05) is 17.9 Å². The molecule has 0 heterocycles. The van der Waals surface area contributed by atoms with Gasteiger partial charge in [-0.1, -0.05) is 30.0 Å². The molecule has 0 aromatic carbocycles. The lowest BCUT2D eigenvalue weighted by molar-refractivity contribution is -0.122. The Balaban J connectivity index is 2.50. The van der Waals surface area contributed by atoms with Gasteiger partial charge in [-0.05, 0) is 26.2 Å². The number of rotatable bonds is 2. The molecule has 74 valence electrons. The molecule has 0 radical (unpaired) electrons. The van der Waals surface area contributed by atoms with Crippen LogP contribution in [0.5, 0.6) is 0 Å². The molecule has 1 rings (SSSR count). The standard InChI is InChI=1S/C11H17ClO/c1-9(8-12)7-10-5-3-2-4-6-11(10)13/h8,10H,2-7H2,1H3. The lowest BCUT2D eigenvalue weighted by Crippen LogP contribution is -2.12. The number of ketones is 1.